The number of carbonyl (C=O) groups excluding carboxylic acids is 1. The summed E-state index contributed by atoms with van der Waals surface area (Å²) in [4.78, 5) is 12.9. The molecular formula is C26H45NO8. The maximum absolute atomic E-state index is 12.9. The molecular weight excluding hydrogens is 454 g/mol. The lowest BCUT2D eigenvalue weighted by Crippen LogP contribution is -2.62. The molecule has 5 N–H and O–H groups in total. The lowest BCUT2D eigenvalue weighted by Gasteiger charge is -2.50. The van der Waals surface area contributed by atoms with Gasteiger partial charge in [0.1, 0.15) is 35.1 Å². The fraction of sp³-hybridized carbons (Fsp3) is 0.885. The molecule has 11 atom stereocenters. The van der Waals surface area contributed by atoms with Crippen LogP contribution in [0, 0.1) is 29.6 Å². The minimum atomic E-state index is -1.63. The second-order valence-electron chi connectivity index (χ2n) is 12.1. The molecule has 35 heavy (non-hydrogen) atoms. The minimum Gasteiger partial charge on any atom is -0.493 e. The molecule has 0 bridgehead atoms. The third-order valence-corrected chi connectivity index (χ3v) is 7.62. The highest BCUT2D eigenvalue weighted by Crippen LogP contribution is 2.44. The van der Waals surface area contributed by atoms with Gasteiger partial charge in [0.25, 0.3) is 0 Å². The molecule has 1 aliphatic carbocycles. The van der Waals surface area contributed by atoms with Gasteiger partial charge in [-0.1, -0.05) is 20.8 Å². The zero-order valence-electron chi connectivity index (χ0n) is 22.1. The first-order chi connectivity index (χ1) is 16.2. The molecule has 0 spiro atoms. The van der Waals surface area contributed by atoms with E-state index in [0.29, 0.717) is 6.54 Å². The topological polar surface area (TPSA) is 141 Å². The number of rotatable bonds is 5. The number of carbonyl (C=O) groups is 1. The Morgan fingerprint density at radius 2 is 1.83 bits per heavy atom. The van der Waals surface area contributed by atoms with Crippen LogP contribution in [0.25, 0.3) is 0 Å². The highest BCUT2D eigenvalue weighted by atomic mass is 16.7. The van der Waals surface area contributed by atoms with Gasteiger partial charge in [0.15, 0.2) is 6.29 Å². The molecule has 2 fully saturated rings. The van der Waals surface area contributed by atoms with E-state index in [0.717, 1.165) is 18.6 Å². The summed E-state index contributed by atoms with van der Waals surface area (Å²) in [6, 6.07) is 0. The maximum Gasteiger partial charge on any atom is 0.315 e. The third kappa shape index (κ3) is 6.19. The second kappa shape index (κ2) is 10.6. The van der Waals surface area contributed by atoms with Gasteiger partial charge in [-0.05, 0) is 64.4 Å². The van der Waals surface area contributed by atoms with Crippen LogP contribution in [0.5, 0.6) is 0 Å². The summed E-state index contributed by atoms with van der Waals surface area (Å²) in [7, 11) is 0. The first-order valence-corrected chi connectivity index (χ1v) is 12.8. The number of hydrogen-bond donors (Lipinski definition) is 4. The standard InChI is InChI=1S/C26H45NO8/c1-13-8-9-16(11-27)33-21(13)17-14(2)10-15(3)22(19(17)28)34-24-20(29)18(26(7,31)12-32-24)23(30)35-25(4,5)6/h9,13-15,17-22,24,28-29,31H,8,10-12,27H2,1-7H3. The SMILES string of the molecule is CC1CC(C)C(C2OC(CN)=CCC2C)C(O)C1OC1OCC(C)(O)C(C(=O)OC(C)(C)C)C1O. The van der Waals surface area contributed by atoms with E-state index in [9.17, 15) is 20.1 Å². The average Bonchev–Trinajstić information content (AvgIpc) is 2.72. The Balaban J connectivity index is 1.79. The lowest BCUT2D eigenvalue weighted by atomic mass is 9.67. The summed E-state index contributed by atoms with van der Waals surface area (Å²) >= 11 is 0. The van der Waals surface area contributed by atoms with E-state index in [4.69, 9.17) is 24.7 Å². The van der Waals surface area contributed by atoms with Crippen LogP contribution in [0.3, 0.4) is 0 Å². The smallest absolute Gasteiger partial charge is 0.315 e. The van der Waals surface area contributed by atoms with E-state index in [-0.39, 0.29) is 36.4 Å². The van der Waals surface area contributed by atoms with Gasteiger partial charge in [-0.3, -0.25) is 4.79 Å². The highest BCUT2D eigenvalue weighted by molar-refractivity contribution is 5.75. The summed E-state index contributed by atoms with van der Waals surface area (Å²) in [5.41, 5.74) is 3.39. The number of aliphatic hydroxyl groups is 3. The predicted octanol–water partition coefficient (Wildman–Crippen LogP) is 1.72. The molecule has 2 heterocycles. The highest BCUT2D eigenvalue weighted by Gasteiger charge is 2.55. The predicted molar refractivity (Wildman–Crippen MR) is 129 cm³/mol. The van der Waals surface area contributed by atoms with Gasteiger partial charge in [-0.25, -0.2) is 0 Å². The van der Waals surface area contributed by atoms with Crippen molar-refractivity contribution in [1.82, 2.24) is 0 Å². The van der Waals surface area contributed by atoms with Crippen molar-refractivity contribution in [3.8, 4) is 0 Å². The van der Waals surface area contributed by atoms with Gasteiger partial charge in [0.2, 0.25) is 0 Å². The van der Waals surface area contributed by atoms with Crippen LogP contribution in [-0.2, 0) is 23.7 Å². The second-order valence-corrected chi connectivity index (χ2v) is 12.1. The van der Waals surface area contributed by atoms with Gasteiger partial charge in [0, 0.05) is 5.92 Å². The number of allylic oxidation sites excluding steroid dienone is 1. The van der Waals surface area contributed by atoms with Crippen LogP contribution in [-0.4, -0.2) is 76.3 Å². The molecule has 11 unspecified atom stereocenters. The maximum atomic E-state index is 12.9. The van der Waals surface area contributed by atoms with E-state index in [2.05, 4.69) is 13.8 Å². The molecule has 9 heteroatoms. The van der Waals surface area contributed by atoms with Gasteiger partial charge in [0.05, 0.1) is 25.4 Å². The molecule has 1 saturated carbocycles. The van der Waals surface area contributed by atoms with E-state index in [1.165, 1.54) is 6.92 Å². The molecule has 2 aliphatic heterocycles. The molecule has 3 rings (SSSR count). The van der Waals surface area contributed by atoms with Crippen LogP contribution in [0.1, 0.15) is 61.3 Å². The van der Waals surface area contributed by atoms with Crippen molar-refractivity contribution in [2.75, 3.05) is 13.2 Å². The summed E-state index contributed by atoms with van der Waals surface area (Å²) in [6.45, 7) is 12.9. The number of hydrogen-bond acceptors (Lipinski definition) is 9. The number of nitrogens with two attached hydrogens (primary N) is 1. The number of esters is 1. The van der Waals surface area contributed by atoms with Crippen LogP contribution >= 0.6 is 0 Å². The van der Waals surface area contributed by atoms with Crippen LogP contribution < -0.4 is 5.73 Å². The normalized spacial score (nSPS) is 44.8. The van der Waals surface area contributed by atoms with Crippen molar-refractivity contribution in [3.05, 3.63) is 11.8 Å². The zero-order valence-corrected chi connectivity index (χ0v) is 22.1. The molecule has 1 saturated heterocycles. The van der Waals surface area contributed by atoms with E-state index in [1.807, 2.05) is 13.0 Å². The Morgan fingerprint density at radius 1 is 1.17 bits per heavy atom. The lowest BCUT2D eigenvalue weighted by molar-refractivity contribution is -0.311. The van der Waals surface area contributed by atoms with Crippen molar-refractivity contribution in [2.24, 2.45) is 35.3 Å². The Kier molecular flexibility index (Phi) is 8.61. The van der Waals surface area contributed by atoms with Gasteiger partial charge in [-0.2, -0.15) is 0 Å². The van der Waals surface area contributed by atoms with Crippen LogP contribution in [0.15, 0.2) is 11.8 Å². The van der Waals surface area contributed by atoms with Crippen LogP contribution in [0.4, 0.5) is 0 Å². The Hall–Kier alpha value is -1.23. The monoisotopic (exact) mass is 499 g/mol. The van der Waals surface area contributed by atoms with Crippen molar-refractivity contribution >= 4 is 5.97 Å². The molecule has 0 amide bonds. The van der Waals surface area contributed by atoms with Crippen molar-refractivity contribution in [2.45, 2.75) is 103 Å². The van der Waals surface area contributed by atoms with Crippen molar-refractivity contribution < 1.29 is 39.1 Å². The number of aliphatic hydroxyl groups excluding tert-OH is 2. The molecule has 202 valence electrons. The summed E-state index contributed by atoms with van der Waals surface area (Å²) < 4.78 is 23.5. The Labute approximate surface area is 208 Å². The van der Waals surface area contributed by atoms with E-state index < -0.39 is 47.7 Å². The third-order valence-electron chi connectivity index (χ3n) is 7.62. The molecule has 0 radical (unpaired) electrons. The van der Waals surface area contributed by atoms with E-state index in [1.54, 1.807) is 20.8 Å². The zero-order chi connectivity index (χ0) is 26.3. The van der Waals surface area contributed by atoms with Crippen molar-refractivity contribution in [1.29, 1.82) is 0 Å². The summed E-state index contributed by atoms with van der Waals surface area (Å²) in [5, 5.41) is 33.4. The van der Waals surface area contributed by atoms with Gasteiger partial charge >= 0.3 is 5.97 Å². The molecule has 3 aliphatic rings. The molecule has 0 aromatic heterocycles. The Morgan fingerprint density at radius 3 is 2.43 bits per heavy atom. The number of ether oxygens (including phenoxy) is 4. The summed E-state index contributed by atoms with van der Waals surface area (Å²) in [5.74, 6) is -1.10. The van der Waals surface area contributed by atoms with Gasteiger partial charge < -0.3 is 40.0 Å². The quantitative estimate of drug-likeness (QED) is 0.416. The van der Waals surface area contributed by atoms with Crippen LogP contribution in [0.2, 0.25) is 0 Å². The first kappa shape index (κ1) is 28.3. The first-order valence-electron chi connectivity index (χ1n) is 12.8. The van der Waals surface area contributed by atoms with Crippen molar-refractivity contribution in [3.63, 3.8) is 0 Å². The summed E-state index contributed by atoms with van der Waals surface area (Å²) in [6.07, 6.45) is -0.794. The fourth-order valence-electron chi connectivity index (χ4n) is 5.88. The molecule has 9 nitrogen and oxygen atoms in total. The fourth-order valence-corrected chi connectivity index (χ4v) is 5.88. The van der Waals surface area contributed by atoms with Gasteiger partial charge in [-0.15, -0.1) is 0 Å². The largest absolute Gasteiger partial charge is 0.493 e. The minimum absolute atomic E-state index is 0.0297. The average molecular weight is 500 g/mol. The molecule has 0 aromatic carbocycles. The Bertz CT molecular complexity index is 778. The molecule has 0 aromatic rings. The van der Waals surface area contributed by atoms with E-state index >= 15 is 0 Å².